The van der Waals surface area contributed by atoms with E-state index in [0.29, 0.717) is 18.9 Å². The second-order valence-corrected chi connectivity index (χ2v) is 6.48. The van der Waals surface area contributed by atoms with Crippen LogP contribution in [0.15, 0.2) is 42.9 Å². The fraction of sp³-hybridized carbons (Fsp3) is 0.421. The first-order valence-corrected chi connectivity index (χ1v) is 8.49. The zero-order valence-electron chi connectivity index (χ0n) is 14.9. The molecule has 3 rings (SSSR count). The van der Waals surface area contributed by atoms with Crippen molar-refractivity contribution < 1.29 is 4.79 Å². The van der Waals surface area contributed by atoms with Crippen LogP contribution in [-0.4, -0.2) is 40.4 Å². The number of aryl methyl sites for hydroxylation is 1. The van der Waals surface area contributed by atoms with Crippen molar-refractivity contribution in [1.82, 2.24) is 20.2 Å². The lowest BCUT2D eigenvalue weighted by Gasteiger charge is -2.25. The first kappa shape index (κ1) is 22.4. The largest absolute Gasteiger partial charge is 0.338 e. The molecule has 5 nitrogen and oxygen atoms in total. The molecule has 1 saturated heterocycles. The van der Waals surface area contributed by atoms with Gasteiger partial charge in [0.05, 0.1) is 6.42 Å². The van der Waals surface area contributed by atoms with Gasteiger partial charge < -0.3 is 10.2 Å². The maximum absolute atomic E-state index is 12.8. The van der Waals surface area contributed by atoms with Crippen LogP contribution in [0.2, 0.25) is 0 Å². The van der Waals surface area contributed by atoms with Crippen molar-refractivity contribution >= 4 is 30.7 Å². The Hall–Kier alpha value is -1.69. The summed E-state index contributed by atoms with van der Waals surface area (Å²) in [5, 5.41) is 3.38. The Labute approximate surface area is 167 Å². The number of rotatable bonds is 6. The summed E-state index contributed by atoms with van der Waals surface area (Å²) in [5.74, 6) is 0.679. The van der Waals surface area contributed by atoms with Crippen molar-refractivity contribution in [2.45, 2.75) is 26.3 Å². The molecule has 2 aromatic heterocycles. The van der Waals surface area contributed by atoms with Crippen LogP contribution >= 0.6 is 24.8 Å². The molecule has 1 N–H and O–H groups in total. The zero-order valence-corrected chi connectivity index (χ0v) is 16.6. The molecule has 0 radical (unpaired) electrons. The number of carbonyl (C=O) groups is 1. The second-order valence-electron chi connectivity index (χ2n) is 6.48. The minimum absolute atomic E-state index is 0. The zero-order chi connectivity index (χ0) is 16.8. The molecule has 1 unspecified atom stereocenters. The highest BCUT2D eigenvalue weighted by atomic mass is 35.5. The van der Waals surface area contributed by atoms with Gasteiger partial charge in [-0.3, -0.25) is 14.8 Å². The van der Waals surface area contributed by atoms with Crippen molar-refractivity contribution in [1.29, 1.82) is 0 Å². The molecule has 0 aromatic carbocycles. The fourth-order valence-electron chi connectivity index (χ4n) is 3.04. The molecule has 26 heavy (non-hydrogen) atoms. The Kier molecular flexibility index (Phi) is 9.55. The van der Waals surface area contributed by atoms with Crippen LogP contribution in [0.5, 0.6) is 0 Å². The normalized spacial score (nSPS) is 15.7. The minimum Gasteiger partial charge on any atom is -0.338 e. The van der Waals surface area contributed by atoms with E-state index < -0.39 is 0 Å². The van der Waals surface area contributed by atoms with Crippen molar-refractivity contribution in [3.63, 3.8) is 0 Å². The Morgan fingerprint density at radius 2 is 2.08 bits per heavy atom. The summed E-state index contributed by atoms with van der Waals surface area (Å²) in [5.41, 5.74) is 3.00. The highest BCUT2D eigenvalue weighted by molar-refractivity contribution is 5.85. The lowest BCUT2D eigenvalue weighted by molar-refractivity contribution is -0.131. The van der Waals surface area contributed by atoms with Gasteiger partial charge in [-0.25, -0.2) is 0 Å². The van der Waals surface area contributed by atoms with E-state index in [0.717, 1.165) is 42.9 Å². The third-order valence-electron chi connectivity index (χ3n) is 4.42. The van der Waals surface area contributed by atoms with Crippen molar-refractivity contribution in [2.24, 2.45) is 5.92 Å². The van der Waals surface area contributed by atoms with E-state index in [9.17, 15) is 4.79 Å². The SMILES string of the molecule is Cc1ccc(CC(=O)N(Cc2cccnc2)CC2CCNC2)cn1.Cl.Cl. The molecule has 2 aromatic rings. The number of halogens is 2. The Morgan fingerprint density at radius 3 is 2.69 bits per heavy atom. The molecule has 0 bridgehead atoms. The van der Waals surface area contributed by atoms with Gasteiger partial charge in [-0.05, 0) is 55.6 Å². The predicted molar refractivity (Wildman–Crippen MR) is 108 cm³/mol. The molecule has 1 aliphatic rings. The molecular formula is C19H26Cl2N4O. The molecule has 142 valence electrons. The van der Waals surface area contributed by atoms with Crippen LogP contribution in [-0.2, 0) is 17.8 Å². The molecule has 1 aliphatic heterocycles. The van der Waals surface area contributed by atoms with Crippen molar-refractivity contribution in [3.05, 3.63) is 59.7 Å². The van der Waals surface area contributed by atoms with Gasteiger partial charge in [0, 0.05) is 37.4 Å². The number of aromatic nitrogens is 2. The Morgan fingerprint density at radius 1 is 1.23 bits per heavy atom. The molecule has 0 saturated carbocycles. The summed E-state index contributed by atoms with van der Waals surface area (Å²) in [4.78, 5) is 23.3. The topological polar surface area (TPSA) is 58.1 Å². The number of pyridine rings is 2. The quantitative estimate of drug-likeness (QED) is 0.815. The van der Waals surface area contributed by atoms with Crippen LogP contribution in [0.25, 0.3) is 0 Å². The summed E-state index contributed by atoms with van der Waals surface area (Å²) >= 11 is 0. The molecule has 3 heterocycles. The summed E-state index contributed by atoms with van der Waals surface area (Å²) in [6.45, 7) is 5.39. The van der Waals surface area contributed by atoms with Crippen molar-refractivity contribution in [3.8, 4) is 0 Å². The third-order valence-corrected chi connectivity index (χ3v) is 4.42. The van der Waals surface area contributed by atoms with Gasteiger partial charge in [-0.1, -0.05) is 12.1 Å². The average molecular weight is 397 g/mol. The lowest BCUT2D eigenvalue weighted by atomic mass is 10.1. The Balaban J connectivity index is 0.00000169. The number of nitrogens with zero attached hydrogens (tertiary/aromatic N) is 3. The summed E-state index contributed by atoms with van der Waals surface area (Å²) in [6, 6.07) is 7.88. The fourth-order valence-corrected chi connectivity index (χ4v) is 3.04. The first-order chi connectivity index (χ1) is 11.7. The number of amides is 1. The highest BCUT2D eigenvalue weighted by Gasteiger charge is 2.22. The second kappa shape index (κ2) is 11.1. The predicted octanol–water partition coefficient (Wildman–Crippen LogP) is 2.81. The molecule has 7 heteroatoms. The summed E-state index contributed by atoms with van der Waals surface area (Å²) in [6.07, 6.45) is 6.92. The summed E-state index contributed by atoms with van der Waals surface area (Å²) in [7, 11) is 0. The van der Waals surface area contributed by atoms with E-state index in [1.165, 1.54) is 0 Å². The Bertz CT molecular complexity index is 661. The molecule has 1 amide bonds. The minimum atomic E-state index is 0. The molecular weight excluding hydrogens is 371 g/mol. The third kappa shape index (κ3) is 6.56. The first-order valence-electron chi connectivity index (χ1n) is 8.49. The van der Waals surface area contributed by atoms with Gasteiger partial charge in [-0.2, -0.15) is 0 Å². The number of nitrogens with one attached hydrogen (secondary N) is 1. The average Bonchev–Trinajstić information content (AvgIpc) is 3.10. The van der Waals surface area contributed by atoms with E-state index in [1.807, 2.05) is 42.3 Å². The van der Waals surface area contributed by atoms with Gasteiger partial charge in [0.1, 0.15) is 0 Å². The number of hydrogen-bond acceptors (Lipinski definition) is 4. The van der Waals surface area contributed by atoms with Crippen LogP contribution < -0.4 is 5.32 Å². The lowest BCUT2D eigenvalue weighted by Crippen LogP contribution is -2.36. The molecule has 0 aliphatic carbocycles. The van der Waals surface area contributed by atoms with E-state index in [2.05, 4.69) is 15.3 Å². The summed E-state index contributed by atoms with van der Waals surface area (Å²) < 4.78 is 0. The van der Waals surface area contributed by atoms with E-state index in [-0.39, 0.29) is 30.7 Å². The maximum atomic E-state index is 12.8. The smallest absolute Gasteiger partial charge is 0.227 e. The van der Waals surface area contributed by atoms with Gasteiger partial charge >= 0.3 is 0 Å². The van der Waals surface area contributed by atoms with Gasteiger partial charge in [0.2, 0.25) is 5.91 Å². The maximum Gasteiger partial charge on any atom is 0.227 e. The molecule has 1 atom stereocenters. The van der Waals surface area contributed by atoms with Crippen LogP contribution in [0.1, 0.15) is 23.2 Å². The molecule has 0 spiro atoms. The standard InChI is InChI=1S/C19H24N4O.2ClH/c1-15-4-5-16(12-22-15)9-19(24)23(14-18-6-8-21-11-18)13-17-3-2-7-20-10-17;;/h2-5,7,10,12,18,21H,6,8-9,11,13-14H2,1H3;2*1H. The van der Waals surface area contributed by atoms with E-state index >= 15 is 0 Å². The monoisotopic (exact) mass is 396 g/mol. The number of carbonyl (C=O) groups excluding carboxylic acids is 1. The van der Waals surface area contributed by atoms with E-state index in [4.69, 9.17) is 0 Å². The van der Waals surface area contributed by atoms with Gasteiger partial charge in [0.25, 0.3) is 0 Å². The van der Waals surface area contributed by atoms with Crippen LogP contribution in [0.3, 0.4) is 0 Å². The highest BCUT2D eigenvalue weighted by Crippen LogP contribution is 2.14. The van der Waals surface area contributed by atoms with E-state index in [1.54, 1.807) is 12.4 Å². The van der Waals surface area contributed by atoms with Crippen molar-refractivity contribution in [2.75, 3.05) is 19.6 Å². The molecule has 1 fully saturated rings. The number of hydrogen-bond donors (Lipinski definition) is 1. The van der Waals surface area contributed by atoms with Gasteiger partial charge in [0.15, 0.2) is 0 Å². The van der Waals surface area contributed by atoms with Crippen LogP contribution in [0.4, 0.5) is 0 Å². The van der Waals surface area contributed by atoms with Crippen LogP contribution in [0, 0.1) is 12.8 Å². The van der Waals surface area contributed by atoms with Gasteiger partial charge in [-0.15, -0.1) is 24.8 Å².